The van der Waals surface area contributed by atoms with Gasteiger partial charge in [0.2, 0.25) is 11.9 Å². The van der Waals surface area contributed by atoms with Gasteiger partial charge in [-0.05, 0) is 75.3 Å². The van der Waals surface area contributed by atoms with E-state index in [-0.39, 0.29) is 41.9 Å². The van der Waals surface area contributed by atoms with Crippen LogP contribution in [0.3, 0.4) is 0 Å². The number of ether oxygens (including phenoxy) is 1. The number of likely N-dealkylation sites (tertiary alicyclic amines) is 1. The van der Waals surface area contributed by atoms with Crippen LogP contribution in [0.25, 0.3) is 17.1 Å². The van der Waals surface area contributed by atoms with Crippen molar-refractivity contribution in [2.75, 3.05) is 25.1 Å². The average Bonchev–Trinajstić information content (AvgIpc) is 3.53. The number of nitrogens with one attached hydrogen (secondary N) is 1. The van der Waals surface area contributed by atoms with Gasteiger partial charge in [-0.15, -0.1) is 12.4 Å². The molecule has 11 heteroatoms. The maximum Gasteiger partial charge on any atom is 0.333 e. The highest BCUT2D eigenvalue weighted by Gasteiger charge is 2.31. The second-order valence-electron chi connectivity index (χ2n) is 10.5. The molecule has 1 aromatic carbocycles. The van der Waals surface area contributed by atoms with Crippen LogP contribution in [0.15, 0.2) is 47.5 Å². The molecular formula is C28H34ClFN6O3. The monoisotopic (exact) mass is 556 g/mol. The van der Waals surface area contributed by atoms with E-state index >= 15 is 0 Å². The van der Waals surface area contributed by atoms with Gasteiger partial charge in [0.1, 0.15) is 5.82 Å². The molecule has 2 aliphatic heterocycles. The summed E-state index contributed by atoms with van der Waals surface area (Å²) in [6.07, 6.45) is 10.6. The standard InChI is InChI=1S/C28H33FN6O3.ClH/c29-19-3-7-23(8-4-19)35-25(18-34(28(35)37)22-12-16-38-17-13-22)24-11-14-30-27(32-24)31-20-5-9-21(10-6-20)33-15-1-2-26(33)36;/h3-4,7-8,11,14,18,20-22H,1-2,5-6,9-10,12-13,15-17H2,(H,30,31,32);1H. The van der Waals surface area contributed by atoms with E-state index in [1.807, 2.05) is 6.20 Å². The molecule has 3 fully saturated rings. The van der Waals surface area contributed by atoms with E-state index in [1.165, 1.54) is 12.1 Å². The van der Waals surface area contributed by atoms with Gasteiger partial charge >= 0.3 is 5.69 Å². The number of rotatable bonds is 6. The minimum atomic E-state index is -0.357. The molecule has 1 N–H and O–H groups in total. The van der Waals surface area contributed by atoms with Gasteiger partial charge in [-0.1, -0.05) is 0 Å². The minimum absolute atomic E-state index is 0. The summed E-state index contributed by atoms with van der Waals surface area (Å²) in [4.78, 5) is 37.1. The Kier molecular flexibility index (Phi) is 8.32. The van der Waals surface area contributed by atoms with E-state index in [4.69, 9.17) is 9.72 Å². The number of carbonyl (C=O) groups is 1. The lowest BCUT2D eigenvalue weighted by molar-refractivity contribution is -0.130. The lowest BCUT2D eigenvalue weighted by Crippen LogP contribution is -2.41. The minimum Gasteiger partial charge on any atom is -0.381 e. The van der Waals surface area contributed by atoms with Crippen molar-refractivity contribution >= 4 is 24.3 Å². The Morgan fingerprint density at radius 1 is 0.949 bits per heavy atom. The fourth-order valence-corrected chi connectivity index (χ4v) is 6.05. The Morgan fingerprint density at radius 3 is 2.38 bits per heavy atom. The first kappa shape index (κ1) is 27.3. The zero-order valence-electron chi connectivity index (χ0n) is 21.8. The van der Waals surface area contributed by atoms with Crippen LogP contribution in [0, 0.1) is 5.82 Å². The van der Waals surface area contributed by atoms with E-state index in [9.17, 15) is 14.0 Å². The van der Waals surface area contributed by atoms with Crippen LogP contribution in [-0.2, 0) is 9.53 Å². The SMILES string of the molecule is Cl.O=C1CCCN1C1CCC(Nc2nccc(-c3cn(C4CCOCC4)c(=O)n3-c3ccc(F)cc3)n2)CC1. The molecule has 3 aliphatic rings. The van der Waals surface area contributed by atoms with Crippen molar-refractivity contribution in [3.63, 3.8) is 0 Å². The molecule has 0 atom stereocenters. The highest BCUT2D eigenvalue weighted by atomic mass is 35.5. The summed E-state index contributed by atoms with van der Waals surface area (Å²) in [5.41, 5.74) is 1.66. The second kappa shape index (κ2) is 11.9. The van der Waals surface area contributed by atoms with Crippen LogP contribution in [0.2, 0.25) is 0 Å². The largest absolute Gasteiger partial charge is 0.381 e. The molecular weight excluding hydrogens is 523 g/mol. The van der Waals surface area contributed by atoms with E-state index < -0.39 is 0 Å². The number of amides is 1. The summed E-state index contributed by atoms with van der Waals surface area (Å²) in [6.45, 7) is 2.11. The van der Waals surface area contributed by atoms with Gasteiger partial charge < -0.3 is 15.0 Å². The number of anilines is 1. The fourth-order valence-electron chi connectivity index (χ4n) is 6.05. The third-order valence-corrected chi connectivity index (χ3v) is 8.08. The van der Waals surface area contributed by atoms with Crippen molar-refractivity contribution in [1.29, 1.82) is 0 Å². The maximum absolute atomic E-state index is 13.7. The van der Waals surface area contributed by atoms with Crippen molar-refractivity contribution in [1.82, 2.24) is 24.0 Å². The van der Waals surface area contributed by atoms with Gasteiger partial charge in [0.15, 0.2) is 0 Å². The number of halogens is 2. The zero-order chi connectivity index (χ0) is 26.1. The lowest BCUT2D eigenvalue weighted by Gasteiger charge is -2.34. The first-order valence-electron chi connectivity index (χ1n) is 13.6. The Balaban J connectivity index is 0.00000308. The van der Waals surface area contributed by atoms with E-state index in [0.29, 0.717) is 48.7 Å². The number of hydrogen-bond acceptors (Lipinski definition) is 6. The van der Waals surface area contributed by atoms with Crippen LogP contribution < -0.4 is 11.0 Å². The predicted octanol–water partition coefficient (Wildman–Crippen LogP) is 4.35. The van der Waals surface area contributed by atoms with Crippen molar-refractivity contribution in [3.8, 4) is 17.1 Å². The van der Waals surface area contributed by atoms with Crippen molar-refractivity contribution < 1.29 is 13.9 Å². The van der Waals surface area contributed by atoms with Crippen molar-refractivity contribution in [3.05, 3.63) is 59.0 Å². The fraction of sp³-hybridized carbons (Fsp3) is 0.500. The molecule has 0 radical (unpaired) electrons. The Bertz CT molecular complexity index is 1350. The van der Waals surface area contributed by atoms with Gasteiger partial charge in [-0.2, -0.15) is 0 Å². The third kappa shape index (κ3) is 5.72. The van der Waals surface area contributed by atoms with Gasteiger partial charge in [0, 0.05) is 56.7 Å². The number of benzene rings is 1. The van der Waals surface area contributed by atoms with E-state index in [2.05, 4.69) is 15.2 Å². The number of aromatic nitrogens is 4. The number of carbonyl (C=O) groups excluding carboxylic acids is 1. The number of nitrogens with zero attached hydrogens (tertiary/aromatic N) is 5. The molecule has 208 valence electrons. The molecule has 2 saturated heterocycles. The lowest BCUT2D eigenvalue weighted by atomic mass is 9.90. The van der Waals surface area contributed by atoms with Crippen LogP contribution in [0.1, 0.15) is 57.4 Å². The number of imidazole rings is 1. The van der Waals surface area contributed by atoms with E-state index in [1.54, 1.807) is 33.5 Å². The zero-order valence-corrected chi connectivity index (χ0v) is 22.6. The van der Waals surface area contributed by atoms with Crippen LogP contribution in [-0.4, -0.2) is 61.8 Å². The van der Waals surface area contributed by atoms with Gasteiger partial charge in [0.05, 0.1) is 17.1 Å². The van der Waals surface area contributed by atoms with Gasteiger partial charge in [-0.25, -0.2) is 19.2 Å². The van der Waals surface area contributed by atoms with E-state index in [0.717, 1.165) is 51.5 Å². The Morgan fingerprint density at radius 2 is 1.69 bits per heavy atom. The molecule has 39 heavy (non-hydrogen) atoms. The second-order valence-corrected chi connectivity index (χ2v) is 10.5. The summed E-state index contributed by atoms with van der Waals surface area (Å²) in [5, 5.41) is 3.48. The maximum atomic E-state index is 13.7. The van der Waals surface area contributed by atoms with Crippen molar-refractivity contribution in [2.45, 2.75) is 69.5 Å². The van der Waals surface area contributed by atoms with Crippen LogP contribution in [0.5, 0.6) is 0 Å². The molecule has 9 nitrogen and oxygen atoms in total. The Hall–Kier alpha value is -3.24. The smallest absolute Gasteiger partial charge is 0.333 e. The summed E-state index contributed by atoms with van der Waals surface area (Å²) in [7, 11) is 0. The van der Waals surface area contributed by atoms with Crippen LogP contribution in [0.4, 0.5) is 10.3 Å². The molecule has 0 unspecified atom stereocenters. The summed E-state index contributed by atoms with van der Waals surface area (Å²) >= 11 is 0. The van der Waals surface area contributed by atoms with Gasteiger partial charge in [-0.3, -0.25) is 13.9 Å². The first-order valence-corrected chi connectivity index (χ1v) is 13.6. The molecule has 2 aromatic heterocycles. The molecule has 1 saturated carbocycles. The molecule has 1 aliphatic carbocycles. The molecule has 1 amide bonds. The normalized spacial score (nSPS) is 22.1. The molecule has 0 bridgehead atoms. The van der Waals surface area contributed by atoms with Gasteiger partial charge in [0.25, 0.3) is 0 Å². The molecule has 4 heterocycles. The summed E-state index contributed by atoms with van der Waals surface area (Å²) < 4.78 is 22.5. The molecule has 0 spiro atoms. The highest BCUT2D eigenvalue weighted by molar-refractivity contribution is 5.85. The number of hydrogen-bond donors (Lipinski definition) is 1. The van der Waals surface area contributed by atoms with Crippen LogP contribution >= 0.6 is 12.4 Å². The average molecular weight is 557 g/mol. The Labute approximate surface area is 232 Å². The molecule has 6 rings (SSSR count). The highest BCUT2D eigenvalue weighted by Crippen LogP contribution is 2.29. The topological polar surface area (TPSA) is 94.3 Å². The first-order chi connectivity index (χ1) is 18.6. The van der Waals surface area contributed by atoms with Crippen molar-refractivity contribution in [2.24, 2.45) is 0 Å². The quantitative estimate of drug-likeness (QED) is 0.485. The summed E-state index contributed by atoms with van der Waals surface area (Å²) in [5.74, 6) is 0.446. The summed E-state index contributed by atoms with van der Waals surface area (Å²) in [6, 6.07) is 8.33. The third-order valence-electron chi connectivity index (χ3n) is 8.08. The molecule has 3 aromatic rings. The predicted molar refractivity (Wildman–Crippen MR) is 148 cm³/mol.